The maximum Gasteiger partial charge on any atom is 0.0932 e. The van der Waals surface area contributed by atoms with Crippen molar-refractivity contribution in [2.24, 2.45) is 5.73 Å². The molecule has 0 amide bonds. The molecule has 2 aromatic heterocycles. The number of nitrogens with two attached hydrogens (primary N) is 1. The molecule has 0 aliphatic heterocycles. The molecule has 2 heterocycles. The highest BCUT2D eigenvalue weighted by atomic mass is 79.9. The van der Waals surface area contributed by atoms with Gasteiger partial charge in [-0.2, -0.15) is 0 Å². The van der Waals surface area contributed by atoms with E-state index in [4.69, 9.17) is 5.73 Å². The van der Waals surface area contributed by atoms with Crippen LogP contribution in [0.1, 0.15) is 24.8 Å². The molecule has 0 radical (unpaired) electrons. The van der Waals surface area contributed by atoms with Crippen molar-refractivity contribution in [1.29, 1.82) is 0 Å². The number of thiazole rings is 1. The molecule has 17 heavy (non-hydrogen) atoms. The highest BCUT2D eigenvalue weighted by Gasteiger charge is 2.07. The normalized spacial score (nSPS) is 12.9. The number of halogens is 1. The molecule has 0 aliphatic carbocycles. The van der Waals surface area contributed by atoms with Crippen LogP contribution in [0.25, 0.3) is 10.6 Å². The lowest BCUT2D eigenvalue weighted by molar-refractivity contribution is 0.623. The molecular formula is C12H15BrN2S2. The molecule has 2 rings (SSSR count). The summed E-state index contributed by atoms with van der Waals surface area (Å²) in [4.78, 5) is 5.89. The van der Waals surface area contributed by atoms with Crippen LogP contribution in [0, 0.1) is 0 Å². The predicted octanol–water partition coefficient (Wildman–Crippen LogP) is 4.30. The van der Waals surface area contributed by atoms with Crippen LogP contribution in [0.15, 0.2) is 21.3 Å². The molecule has 1 unspecified atom stereocenters. The van der Waals surface area contributed by atoms with Crippen molar-refractivity contribution >= 4 is 38.6 Å². The zero-order valence-electron chi connectivity index (χ0n) is 9.65. The van der Waals surface area contributed by atoms with Crippen LogP contribution in [0.4, 0.5) is 0 Å². The maximum absolute atomic E-state index is 5.74. The Bertz CT molecular complexity index is 476. The van der Waals surface area contributed by atoms with Gasteiger partial charge in [-0.15, -0.1) is 22.7 Å². The summed E-state index contributed by atoms with van der Waals surface area (Å²) in [6, 6.07) is 4.47. The predicted molar refractivity (Wildman–Crippen MR) is 79.7 cm³/mol. The average Bonchev–Trinajstić information content (AvgIpc) is 2.86. The van der Waals surface area contributed by atoms with Gasteiger partial charge in [0.05, 0.1) is 19.4 Å². The largest absolute Gasteiger partial charge is 0.328 e. The number of aromatic nitrogens is 1. The lowest BCUT2D eigenvalue weighted by Gasteiger charge is -2.01. The van der Waals surface area contributed by atoms with Crippen LogP contribution in [-0.2, 0) is 6.42 Å². The summed E-state index contributed by atoms with van der Waals surface area (Å²) in [6.07, 6.45) is 3.23. The van der Waals surface area contributed by atoms with Crippen molar-refractivity contribution in [1.82, 2.24) is 4.98 Å². The average molecular weight is 331 g/mol. The Kier molecular flexibility index (Phi) is 4.73. The molecule has 0 bridgehead atoms. The van der Waals surface area contributed by atoms with E-state index in [1.54, 1.807) is 22.7 Å². The van der Waals surface area contributed by atoms with Crippen LogP contribution in [0.5, 0.6) is 0 Å². The van der Waals surface area contributed by atoms with E-state index in [0.717, 1.165) is 28.7 Å². The van der Waals surface area contributed by atoms with Crippen molar-refractivity contribution < 1.29 is 0 Å². The Balaban J connectivity index is 1.96. The Labute approximate surface area is 118 Å². The number of aryl methyl sites for hydroxylation is 1. The summed E-state index contributed by atoms with van der Waals surface area (Å²) in [5.41, 5.74) is 6.83. The van der Waals surface area contributed by atoms with E-state index in [1.807, 2.05) is 0 Å². The van der Waals surface area contributed by atoms with Gasteiger partial charge >= 0.3 is 0 Å². The maximum atomic E-state index is 5.74. The molecular weight excluding hydrogens is 316 g/mol. The van der Waals surface area contributed by atoms with Gasteiger partial charge in [0.2, 0.25) is 0 Å². The summed E-state index contributed by atoms with van der Waals surface area (Å²) in [6.45, 7) is 2.05. The zero-order chi connectivity index (χ0) is 12.3. The van der Waals surface area contributed by atoms with Gasteiger partial charge in [0.1, 0.15) is 0 Å². The minimum Gasteiger partial charge on any atom is -0.328 e. The molecule has 5 heteroatoms. The Morgan fingerprint density at radius 2 is 2.29 bits per heavy atom. The topological polar surface area (TPSA) is 38.9 Å². The van der Waals surface area contributed by atoms with E-state index in [9.17, 15) is 0 Å². The van der Waals surface area contributed by atoms with Crippen LogP contribution < -0.4 is 5.73 Å². The Morgan fingerprint density at radius 1 is 1.47 bits per heavy atom. The van der Waals surface area contributed by atoms with Gasteiger partial charge in [-0.05, 0) is 54.2 Å². The first-order valence-electron chi connectivity index (χ1n) is 5.61. The molecule has 92 valence electrons. The molecule has 2 aromatic rings. The molecule has 0 saturated heterocycles. The third-order valence-electron chi connectivity index (χ3n) is 2.43. The smallest absolute Gasteiger partial charge is 0.0932 e. The number of rotatable bonds is 5. The van der Waals surface area contributed by atoms with Crippen molar-refractivity contribution in [3.05, 3.63) is 26.3 Å². The van der Waals surface area contributed by atoms with E-state index in [1.165, 1.54) is 9.88 Å². The van der Waals surface area contributed by atoms with Gasteiger partial charge in [0.15, 0.2) is 0 Å². The second-order valence-electron chi connectivity index (χ2n) is 4.10. The fraction of sp³-hybridized carbons (Fsp3) is 0.417. The van der Waals surface area contributed by atoms with Gasteiger partial charge in [0, 0.05) is 11.4 Å². The number of hydrogen-bond donors (Lipinski definition) is 1. The van der Waals surface area contributed by atoms with Gasteiger partial charge in [-0.3, -0.25) is 0 Å². The quantitative estimate of drug-likeness (QED) is 0.887. The molecule has 2 N–H and O–H groups in total. The number of nitrogens with zero attached hydrogens (tertiary/aromatic N) is 1. The fourth-order valence-corrected chi connectivity index (χ4v) is 3.83. The van der Waals surface area contributed by atoms with Crippen molar-refractivity contribution in [3.8, 4) is 10.6 Å². The van der Waals surface area contributed by atoms with Crippen molar-refractivity contribution in [3.63, 3.8) is 0 Å². The van der Waals surface area contributed by atoms with Gasteiger partial charge < -0.3 is 5.73 Å². The molecule has 0 spiro atoms. The first kappa shape index (κ1) is 13.2. The van der Waals surface area contributed by atoms with E-state index >= 15 is 0 Å². The summed E-state index contributed by atoms with van der Waals surface area (Å²) >= 11 is 6.94. The first-order chi connectivity index (χ1) is 8.15. The van der Waals surface area contributed by atoms with Gasteiger partial charge in [-0.25, -0.2) is 4.98 Å². The Morgan fingerprint density at radius 3 is 2.94 bits per heavy atom. The molecule has 0 aromatic carbocycles. The molecule has 0 saturated carbocycles. The molecule has 2 nitrogen and oxygen atoms in total. The molecule has 0 aliphatic rings. The number of thiophene rings is 1. The standard InChI is InChI=1S/C12H15BrN2S2/c1-8(14)3-2-4-12-15-9(7-16-12)10-5-6-11(13)17-10/h5-8H,2-4,14H2,1H3. The van der Waals surface area contributed by atoms with E-state index in [2.05, 4.69) is 45.4 Å². The van der Waals surface area contributed by atoms with E-state index in [0.29, 0.717) is 6.04 Å². The summed E-state index contributed by atoms with van der Waals surface area (Å²) < 4.78 is 1.15. The highest BCUT2D eigenvalue weighted by molar-refractivity contribution is 9.11. The highest BCUT2D eigenvalue weighted by Crippen LogP contribution is 2.32. The van der Waals surface area contributed by atoms with Crippen LogP contribution in [0.3, 0.4) is 0 Å². The second kappa shape index (κ2) is 6.09. The van der Waals surface area contributed by atoms with E-state index < -0.39 is 0 Å². The van der Waals surface area contributed by atoms with Gasteiger partial charge in [0.25, 0.3) is 0 Å². The summed E-state index contributed by atoms with van der Waals surface area (Å²) in [7, 11) is 0. The van der Waals surface area contributed by atoms with Crippen LogP contribution >= 0.6 is 38.6 Å². The lowest BCUT2D eigenvalue weighted by Crippen LogP contribution is -2.14. The third-order valence-corrected chi connectivity index (χ3v) is 4.98. The summed E-state index contributed by atoms with van der Waals surface area (Å²) in [5.74, 6) is 0. The fourth-order valence-electron chi connectivity index (χ4n) is 1.57. The minimum atomic E-state index is 0.294. The van der Waals surface area contributed by atoms with Gasteiger partial charge in [-0.1, -0.05) is 0 Å². The second-order valence-corrected chi connectivity index (χ2v) is 7.51. The van der Waals surface area contributed by atoms with Crippen molar-refractivity contribution in [2.45, 2.75) is 32.2 Å². The minimum absolute atomic E-state index is 0.294. The number of hydrogen-bond acceptors (Lipinski definition) is 4. The zero-order valence-corrected chi connectivity index (χ0v) is 12.9. The Hall–Kier alpha value is -0.230. The SMILES string of the molecule is CC(N)CCCc1nc(-c2ccc(Br)s2)cs1. The lowest BCUT2D eigenvalue weighted by atomic mass is 10.1. The monoisotopic (exact) mass is 330 g/mol. The van der Waals surface area contributed by atoms with E-state index in [-0.39, 0.29) is 0 Å². The molecule has 0 fully saturated rings. The summed E-state index contributed by atoms with van der Waals surface area (Å²) in [5, 5.41) is 3.35. The van der Waals surface area contributed by atoms with Crippen LogP contribution in [0.2, 0.25) is 0 Å². The first-order valence-corrected chi connectivity index (χ1v) is 8.10. The third kappa shape index (κ3) is 3.88. The van der Waals surface area contributed by atoms with Crippen molar-refractivity contribution in [2.75, 3.05) is 0 Å². The van der Waals surface area contributed by atoms with Crippen LogP contribution in [-0.4, -0.2) is 11.0 Å². The molecule has 1 atom stereocenters.